The van der Waals surface area contributed by atoms with Crippen LogP contribution in [0.3, 0.4) is 0 Å². The first-order valence-corrected chi connectivity index (χ1v) is 11.3. The Bertz CT molecular complexity index is 784. The molecule has 6 atom stereocenters. The summed E-state index contributed by atoms with van der Waals surface area (Å²) in [7, 11) is 3.23. The summed E-state index contributed by atoms with van der Waals surface area (Å²) in [4.78, 5) is 0. The van der Waals surface area contributed by atoms with Crippen LogP contribution in [0, 0.1) is 0 Å². The van der Waals surface area contributed by atoms with Crippen LogP contribution in [-0.4, -0.2) is 62.1 Å². The Labute approximate surface area is 193 Å². The first-order valence-electron chi connectivity index (χ1n) is 11.3. The standard InChI is InChI=1S/C25H32O8/c1-28-18-7-3-16(4-8-18)24-30-13-11-22(32-24)20(26)15-21(27)23-12-14-31-25(33-23)17-5-9-19(29-2)10-6-17/h3-10,20-27H,11-15H2,1-2H3/t20-,21+,22+,23-,24+,25-. The van der Waals surface area contributed by atoms with E-state index in [0.717, 1.165) is 22.6 Å². The third-order valence-electron chi connectivity index (χ3n) is 6.06. The Kier molecular flexibility index (Phi) is 8.19. The van der Waals surface area contributed by atoms with Gasteiger partial charge in [-0.05, 0) is 37.1 Å². The monoisotopic (exact) mass is 460 g/mol. The van der Waals surface area contributed by atoms with Crippen molar-refractivity contribution in [1.82, 2.24) is 0 Å². The van der Waals surface area contributed by atoms with Gasteiger partial charge in [-0.15, -0.1) is 0 Å². The molecule has 2 N–H and O–H groups in total. The molecule has 0 amide bonds. The van der Waals surface area contributed by atoms with Crippen molar-refractivity contribution in [1.29, 1.82) is 0 Å². The van der Waals surface area contributed by atoms with Gasteiger partial charge in [0.1, 0.15) is 11.5 Å². The van der Waals surface area contributed by atoms with Gasteiger partial charge in [0.25, 0.3) is 0 Å². The lowest BCUT2D eigenvalue weighted by Crippen LogP contribution is -2.43. The molecule has 0 radical (unpaired) electrons. The molecule has 2 aromatic rings. The summed E-state index contributed by atoms with van der Waals surface area (Å²) in [6.45, 7) is 0.920. The number of hydrogen-bond donors (Lipinski definition) is 2. The first-order chi connectivity index (χ1) is 16.1. The maximum Gasteiger partial charge on any atom is 0.184 e. The summed E-state index contributed by atoms with van der Waals surface area (Å²) < 4.78 is 33.9. The zero-order valence-corrected chi connectivity index (χ0v) is 19.0. The minimum atomic E-state index is -0.851. The van der Waals surface area contributed by atoms with Gasteiger partial charge in [-0.1, -0.05) is 24.3 Å². The Morgan fingerprint density at radius 1 is 0.727 bits per heavy atom. The van der Waals surface area contributed by atoms with E-state index in [0.29, 0.717) is 26.1 Å². The average molecular weight is 461 g/mol. The van der Waals surface area contributed by atoms with Gasteiger partial charge in [-0.2, -0.15) is 0 Å². The van der Waals surface area contributed by atoms with E-state index in [1.54, 1.807) is 14.2 Å². The molecule has 0 saturated carbocycles. The molecule has 2 heterocycles. The van der Waals surface area contributed by atoms with Gasteiger partial charge >= 0.3 is 0 Å². The van der Waals surface area contributed by atoms with Crippen LogP contribution in [0.15, 0.2) is 48.5 Å². The molecule has 33 heavy (non-hydrogen) atoms. The number of benzene rings is 2. The highest BCUT2D eigenvalue weighted by molar-refractivity contribution is 5.28. The normalized spacial score (nSPS) is 27.5. The van der Waals surface area contributed by atoms with Crippen molar-refractivity contribution in [3.05, 3.63) is 59.7 Å². The van der Waals surface area contributed by atoms with Gasteiger partial charge in [0.15, 0.2) is 12.6 Å². The highest BCUT2D eigenvalue weighted by atomic mass is 16.7. The van der Waals surface area contributed by atoms with Crippen LogP contribution < -0.4 is 9.47 Å². The maximum absolute atomic E-state index is 10.8. The summed E-state index contributed by atoms with van der Waals surface area (Å²) >= 11 is 0. The molecular weight excluding hydrogens is 428 g/mol. The third-order valence-corrected chi connectivity index (χ3v) is 6.06. The van der Waals surface area contributed by atoms with E-state index in [-0.39, 0.29) is 6.42 Å². The number of methoxy groups -OCH3 is 2. The Hall–Kier alpha value is -2.20. The van der Waals surface area contributed by atoms with Gasteiger partial charge in [-0.25, -0.2) is 0 Å². The highest BCUT2D eigenvalue weighted by Crippen LogP contribution is 2.32. The van der Waals surface area contributed by atoms with Gasteiger partial charge in [0, 0.05) is 17.5 Å². The van der Waals surface area contributed by atoms with Crippen molar-refractivity contribution in [2.75, 3.05) is 27.4 Å². The largest absolute Gasteiger partial charge is 0.497 e. The van der Waals surface area contributed by atoms with Crippen molar-refractivity contribution in [3.63, 3.8) is 0 Å². The van der Waals surface area contributed by atoms with E-state index in [1.807, 2.05) is 48.5 Å². The summed E-state index contributed by atoms with van der Waals surface area (Å²) in [5.41, 5.74) is 1.70. The molecule has 0 bridgehead atoms. The summed E-state index contributed by atoms with van der Waals surface area (Å²) in [6, 6.07) is 14.9. The van der Waals surface area contributed by atoms with Crippen LogP contribution in [0.2, 0.25) is 0 Å². The maximum atomic E-state index is 10.8. The van der Waals surface area contributed by atoms with E-state index < -0.39 is 37.0 Å². The predicted molar refractivity (Wildman–Crippen MR) is 119 cm³/mol. The van der Waals surface area contributed by atoms with Crippen molar-refractivity contribution < 1.29 is 38.6 Å². The van der Waals surface area contributed by atoms with Gasteiger partial charge < -0.3 is 38.6 Å². The van der Waals surface area contributed by atoms with Gasteiger partial charge in [0.2, 0.25) is 0 Å². The van der Waals surface area contributed by atoms with Crippen molar-refractivity contribution in [2.45, 2.75) is 56.3 Å². The molecule has 0 aliphatic carbocycles. The number of rotatable bonds is 8. The fourth-order valence-corrected chi connectivity index (χ4v) is 4.10. The van der Waals surface area contributed by atoms with E-state index in [4.69, 9.17) is 28.4 Å². The second kappa shape index (κ2) is 11.3. The summed E-state index contributed by atoms with van der Waals surface area (Å²) in [5, 5.41) is 21.6. The highest BCUT2D eigenvalue weighted by Gasteiger charge is 2.35. The fraction of sp³-hybridized carbons (Fsp3) is 0.520. The van der Waals surface area contributed by atoms with Crippen LogP contribution in [0.25, 0.3) is 0 Å². The predicted octanol–water partition coefficient (Wildman–Crippen LogP) is 3.12. The molecule has 0 spiro atoms. The Morgan fingerprint density at radius 2 is 1.12 bits per heavy atom. The lowest BCUT2D eigenvalue weighted by Gasteiger charge is -2.36. The first kappa shape index (κ1) is 23.9. The van der Waals surface area contributed by atoms with E-state index >= 15 is 0 Å². The van der Waals surface area contributed by atoms with Gasteiger partial charge in [0.05, 0.1) is 51.8 Å². The van der Waals surface area contributed by atoms with Crippen LogP contribution in [0.1, 0.15) is 43.0 Å². The minimum Gasteiger partial charge on any atom is -0.497 e. The lowest BCUT2D eigenvalue weighted by molar-refractivity contribution is -0.253. The summed E-state index contributed by atoms with van der Waals surface area (Å²) in [6.07, 6.45) is -2.50. The Morgan fingerprint density at radius 3 is 1.48 bits per heavy atom. The average Bonchev–Trinajstić information content (AvgIpc) is 2.89. The van der Waals surface area contributed by atoms with Crippen molar-refractivity contribution in [2.24, 2.45) is 0 Å². The Balaban J connectivity index is 1.31. The molecule has 2 aliphatic heterocycles. The summed E-state index contributed by atoms with van der Waals surface area (Å²) in [5.74, 6) is 1.50. The molecule has 0 aromatic heterocycles. The number of aliphatic hydroxyl groups is 2. The molecular formula is C25H32O8. The molecule has 4 rings (SSSR count). The van der Waals surface area contributed by atoms with Crippen LogP contribution in [-0.2, 0) is 18.9 Å². The zero-order valence-electron chi connectivity index (χ0n) is 19.0. The number of hydrogen-bond acceptors (Lipinski definition) is 8. The molecule has 0 unspecified atom stereocenters. The molecule has 180 valence electrons. The number of aliphatic hydroxyl groups excluding tert-OH is 2. The molecule has 2 fully saturated rings. The molecule has 2 aliphatic rings. The van der Waals surface area contributed by atoms with Crippen LogP contribution in [0.5, 0.6) is 11.5 Å². The topological polar surface area (TPSA) is 95.8 Å². The smallest absolute Gasteiger partial charge is 0.184 e. The van der Waals surface area contributed by atoms with Crippen molar-refractivity contribution >= 4 is 0 Å². The van der Waals surface area contributed by atoms with E-state index in [9.17, 15) is 10.2 Å². The minimum absolute atomic E-state index is 0.139. The van der Waals surface area contributed by atoms with Crippen LogP contribution in [0.4, 0.5) is 0 Å². The molecule has 2 saturated heterocycles. The second-order valence-corrected chi connectivity index (χ2v) is 8.25. The molecule has 2 aromatic carbocycles. The van der Waals surface area contributed by atoms with Crippen LogP contribution >= 0.6 is 0 Å². The van der Waals surface area contributed by atoms with E-state index in [2.05, 4.69) is 0 Å². The second-order valence-electron chi connectivity index (χ2n) is 8.25. The quantitative estimate of drug-likeness (QED) is 0.621. The van der Waals surface area contributed by atoms with Gasteiger partial charge in [-0.3, -0.25) is 0 Å². The van der Waals surface area contributed by atoms with E-state index in [1.165, 1.54) is 0 Å². The van der Waals surface area contributed by atoms with Crippen molar-refractivity contribution in [3.8, 4) is 11.5 Å². The fourth-order valence-electron chi connectivity index (χ4n) is 4.10. The molecule has 8 heteroatoms. The lowest BCUT2D eigenvalue weighted by atomic mass is 9.98. The SMILES string of the molecule is COc1ccc([C@@H]2OCC[C@H]([C@@H](O)C[C@@H](O)[C@@H]3CCO[C@H](c4ccc(OC)cc4)O3)O2)cc1. The zero-order chi connectivity index (χ0) is 23.2. The number of ether oxygens (including phenoxy) is 6. The third kappa shape index (κ3) is 6.03. The molecule has 8 nitrogen and oxygen atoms in total.